The largest absolute Gasteiger partial charge is 0.375 e. The molecule has 0 bridgehead atoms. The molecule has 2 aliphatic rings. The third-order valence-corrected chi connectivity index (χ3v) is 4.68. The number of hydrogen-bond acceptors (Lipinski definition) is 4. The van der Waals surface area contributed by atoms with Crippen molar-refractivity contribution in [2.75, 3.05) is 13.6 Å². The zero-order chi connectivity index (χ0) is 12.8. The second-order valence-corrected chi connectivity index (χ2v) is 7.50. The van der Waals surface area contributed by atoms with Gasteiger partial charge in [-0.25, -0.2) is 8.42 Å². The van der Waals surface area contributed by atoms with Crippen molar-refractivity contribution in [1.29, 1.82) is 0 Å². The van der Waals surface area contributed by atoms with Gasteiger partial charge in [0.2, 0.25) is 0 Å². The van der Waals surface area contributed by atoms with E-state index in [0.717, 1.165) is 4.48 Å². The summed E-state index contributed by atoms with van der Waals surface area (Å²) in [4.78, 5) is 13.7. The minimum Gasteiger partial charge on any atom is -0.375 e. The average molecular weight is 339 g/mol. The Morgan fingerprint density at radius 2 is 2.12 bits per heavy atom. The Bertz CT molecular complexity index is 589. The number of ketones is 1. The SMILES string of the molecule is CN1C=C2C=C(S(=O)(=O)Cl)CC(=O)C2=C(Br)C1. The second-order valence-electron chi connectivity index (χ2n) is 3.93. The molecule has 0 fully saturated rings. The van der Waals surface area contributed by atoms with Crippen molar-refractivity contribution in [3.8, 4) is 0 Å². The highest BCUT2D eigenvalue weighted by Crippen LogP contribution is 2.35. The van der Waals surface area contributed by atoms with Crippen LogP contribution in [0.15, 0.2) is 32.8 Å². The molecule has 0 spiro atoms. The van der Waals surface area contributed by atoms with Crippen LogP contribution in [0.5, 0.6) is 0 Å². The molecule has 1 aliphatic carbocycles. The Morgan fingerprint density at radius 1 is 1.47 bits per heavy atom. The first-order valence-electron chi connectivity index (χ1n) is 4.78. The predicted molar refractivity (Wildman–Crippen MR) is 69.1 cm³/mol. The minimum atomic E-state index is -3.83. The molecule has 0 aromatic carbocycles. The van der Waals surface area contributed by atoms with Crippen molar-refractivity contribution in [3.63, 3.8) is 0 Å². The maximum atomic E-state index is 11.9. The van der Waals surface area contributed by atoms with Crippen LogP contribution in [-0.2, 0) is 13.8 Å². The molecule has 0 unspecified atom stereocenters. The molecule has 4 nitrogen and oxygen atoms in total. The van der Waals surface area contributed by atoms with Gasteiger partial charge in [-0.05, 0) is 6.08 Å². The monoisotopic (exact) mass is 337 g/mol. The first kappa shape index (κ1) is 12.9. The maximum Gasteiger partial charge on any atom is 0.257 e. The minimum absolute atomic E-state index is 0.0465. The Hall–Kier alpha value is -0.590. The summed E-state index contributed by atoms with van der Waals surface area (Å²) in [5, 5.41) is 0. The van der Waals surface area contributed by atoms with Crippen molar-refractivity contribution in [3.05, 3.63) is 32.8 Å². The number of fused-ring (bicyclic) bond motifs is 1. The summed E-state index contributed by atoms with van der Waals surface area (Å²) in [7, 11) is 3.28. The highest BCUT2D eigenvalue weighted by atomic mass is 79.9. The molecular weight excluding hydrogens is 330 g/mol. The summed E-state index contributed by atoms with van der Waals surface area (Å²) in [6.07, 6.45) is 3.02. The Morgan fingerprint density at radius 3 is 2.71 bits per heavy atom. The molecule has 0 atom stereocenters. The Labute approximate surface area is 112 Å². The van der Waals surface area contributed by atoms with Gasteiger partial charge in [0.15, 0.2) is 5.78 Å². The van der Waals surface area contributed by atoms with E-state index in [2.05, 4.69) is 15.9 Å². The van der Waals surface area contributed by atoms with Crippen LogP contribution < -0.4 is 0 Å². The third-order valence-electron chi connectivity index (χ3n) is 2.55. The molecule has 0 saturated heterocycles. The predicted octanol–water partition coefficient (Wildman–Crippen LogP) is 1.89. The van der Waals surface area contributed by atoms with Crippen LogP contribution in [0.4, 0.5) is 0 Å². The van der Waals surface area contributed by atoms with Gasteiger partial charge in [0.05, 0.1) is 4.91 Å². The standard InChI is InChI=1S/C10H9BrClNO3S/c1-13-4-6-2-7(17(12,15)16)3-9(14)10(6)8(11)5-13/h2,4H,3,5H2,1H3. The van der Waals surface area contributed by atoms with Crippen LogP contribution in [0.25, 0.3) is 0 Å². The molecule has 0 aromatic heterocycles. The van der Waals surface area contributed by atoms with Crippen LogP contribution in [0, 0.1) is 0 Å². The highest BCUT2D eigenvalue weighted by molar-refractivity contribution is 9.11. The summed E-state index contributed by atoms with van der Waals surface area (Å²) in [5.41, 5.74) is 1.13. The molecule has 0 aromatic rings. The van der Waals surface area contributed by atoms with E-state index >= 15 is 0 Å². The van der Waals surface area contributed by atoms with Crippen LogP contribution in [0.1, 0.15) is 6.42 Å². The molecule has 0 saturated carbocycles. The van der Waals surface area contributed by atoms with Gasteiger partial charge in [0, 0.05) is 52.5 Å². The van der Waals surface area contributed by atoms with E-state index in [0.29, 0.717) is 17.7 Å². The number of rotatable bonds is 1. The molecule has 17 heavy (non-hydrogen) atoms. The number of nitrogens with zero attached hydrogens (tertiary/aromatic N) is 1. The van der Waals surface area contributed by atoms with Gasteiger partial charge in [0.25, 0.3) is 9.05 Å². The van der Waals surface area contributed by atoms with Gasteiger partial charge in [-0.3, -0.25) is 4.79 Å². The van der Waals surface area contributed by atoms with Gasteiger partial charge in [0.1, 0.15) is 0 Å². The second kappa shape index (κ2) is 4.26. The van der Waals surface area contributed by atoms with E-state index < -0.39 is 9.05 Å². The van der Waals surface area contributed by atoms with Crippen molar-refractivity contribution in [2.45, 2.75) is 6.42 Å². The molecule has 0 radical (unpaired) electrons. The van der Waals surface area contributed by atoms with Crippen molar-refractivity contribution >= 4 is 41.4 Å². The number of hydrogen-bond donors (Lipinski definition) is 0. The smallest absolute Gasteiger partial charge is 0.257 e. The van der Waals surface area contributed by atoms with Gasteiger partial charge < -0.3 is 4.90 Å². The summed E-state index contributed by atoms with van der Waals surface area (Å²) in [5.74, 6) is -0.224. The Kier molecular flexibility index (Phi) is 3.22. The van der Waals surface area contributed by atoms with Crippen molar-refractivity contribution in [1.82, 2.24) is 4.90 Å². The lowest BCUT2D eigenvalue weighted by Crippen LogP contribution is -2.25. The topological polar surface area (TPSA) is 54.5 Å². The number of Topliss-reactive ketones (excluding diaryl/α,β-unsaturated/α-hetero) is 1. The first-order valence-corrected chi connectivity index (χ1v) is 7.89. The van der Waals surface area contributed by atoms with E-state index in [1.165, 1.54) is 6.08 Å². The third kappa shape index (κ3) is 2.48. The average Bonchev–Trinajstić information content (AvgIpc) is 2.13. The van der Waals surface area contributed by atoms with E-state index in [4.69, 9.17) is 10.7 Å². The molecule has 0 amide bonds. The molecule has 0 N–H and O–H groups in total. The van der Waals surface area contributed by atoms with Crippen LogP contribution in [-0.4, -0.2) is 32.7 Å². The Balaban J connectivity index is 2.58. The maximum absolute atomic E-state index is 11.9. The van der Waals surface area contributed by atoms with Gasteiger partial charge in [-0.1, -0.05) is 15.9 Å². The molecule has 1 heterocycles. The summed E-state index contributed by atoms with van der Waals surface area (Å²) in [6, 6.07) is 0. The fraction of sp³-hybridized carbons (Fsp3) is 0.300. The van der Waals surface area contributed by atoms with Crippen molar-refractivity contribution in [2.24, 2.45) is 0 Å². The number of carbonyl (C=O) groups excluding carboxylic acids is 1. The van der Waals surface area contributed by atoms with Crippen LogP contribution >= 0.6 is 26.6 Å². The van der Waals surface area contributed by atoms with Crippen LogP contribution in [0.3, 0.4) is 0 Å². The summed E-state index contributed by atoms with van der Waals surface area (Å²) >= 11 is 3.35. The van der Waals surface area contributed by atoms with E-state index in [-0.39, 0.29) is 17.1 Å². The van der Waals surface area contributed by atoms with E-state index in [9.17, 15) is 13.2 Å². The molecule has 7 heteroatoms. The molecule has 92 valence electrons. The number of likely N-dealkylation sites (N-methyl/N-ethyl adjacent to an activating group) is 1. The lowest BCUT2D eigenvalue weighted by molar-refractivity contribution is -0.114. The molecule has 2 rings (SSSR count). The number of carbonyl (C=O) groups is 1. The highest BCUT2D eigenvalue weighted by Gasteiger charge is 2.31. The zero-order valence-electron chi connectivity index (χ0n) is 8.91. The van der Waals surface area contributed by atoms with Gasteiger partial charge in [-0.2, -0.15) is 0 Å². The summed E-state index contributed by atoms with van der Waals surface area (Å²) < 4.78 is 23.3. The lowest BCUT2D eigenvalue weighted by Gasteiger charge is -2.26. The quantitative estimate of drug-likeness (QED) is 0.685. The number of halogens is 2. The lowest BCUT2D eigenvalue weighted by atomic mass is 9.92. The normalized spacial score (nSPS) is 21.1. The van der Waals surface area contributed by atoms with E-state index in [1.807, 2.05) is 11.9 Å². The van der Waals surface area contributed by atoms with E-state index in [1.54, 1.807) is 6.20 Å². The molecule has 1 aliphatic heterocycles. The van der Waals surface area contributed by atoms with Crippen LogP contribution in [0.2, 0.25) is 0 Å². The van der Waals surface area contributed by atoms with Gasteiger partial charge in [-0.15, -0.1) is 0 Å². The summed E-state index contributed by atoms with van der Waals surface area (Å²) in [6.45, 7) is 0.599. The fourth-order valence-electron chi connectivity index (χ4n) is 1.85. The number of allylic oxidation sites excluding steroid dienone is 4. The fourth-order valence-corrected chi connectivity index (χ4v) is 3.57. The first-order chi connectivity index (χ1) is 7.79. The molecular formula is C10H9BrClNO3S. The zero-order valence-corrected chi connectivity index (χ0v) is 12.1. The van der Waals surface area contributed by atoms with Crippen molar-refractivity contribution < 1.29 is 13.2 Å². The van der Waals surface area contributed by atoms with Gasteiger partial charge >= 0.3 is 0 Å².